The smallest absolute Gasteiger partial charge is 0.195 e. The van der Waals surface area contributed by atoms with Gasteiger partial charge in [-0.15, -0.1) is 0 Å². The van der Waals surface area contributed by atoms with E-state index in [4.69, 9.17) is 4.74 Å². The summed E-state index contributed by atoms with van der Waals surface area (Å²) in [5.74, 6) is 14.0. The lowest BCUT2D eigenvalue weighted by Gasteiger charge is -2.14. The zero-order valence-corrected chi connectivity index (χ0v) is 41.5. The molecule has 0 aliphatic heterocycles. The van der Waals surface area contributed by atoms with Gasteiger partial charge < -0.3 is 4.74 Å². The molecule has 3 nitrogen and oxygen atoms in total. The van der Waals surface area contributed by atoms with Crippen LogP contribution in [0.2, 0.25) is 0 Å². The summed E-state index contributed by atoms with van der Waals surface area (Å²) in [5.41, 5.74) is 14.3. The Kier molecular flexibility index (Phi) is 17.0. The quantitative estimate of drug-likeness (QED) is 0.0272. The number of ketones is 1. The number of carbonyl (C=O) groups is 2. The summed E-state index contributed by atoms with van der Waals surface area (Å²) in [7, 11) is 0. The number of hydrogen-bond acceptors (Lipinski definition) is 3. The molecule has 0 unspecified atom stereocenters. The second-order valence-corrected chi connectivity index (χ2v) is 17.3. The summed E-state index contributed by atoms with van der Waals surface area (Å²) in [5, 5.41) is 0. The second kappa shape index (κ2) is 24.8. The van der Waals surface area contributed by atoms with Crippen molar-refractivity contribution < 1.29 is 14.3 Å². The van der Waals surface area contributed by atoms with Crippen LogP contribution in [0.15, 0.2) is 277 Å². The van der Waals surface area contributed by atoms with Crippen LogP contribution in [-0.2, 0) is 9.59 Å². The predicted molar refractivity (Wildman–Crippen MR) is 304 cm³/mol. The molecule has 1 aliphatic rings. The zero-order valence-electron chi connectivity index (χ0n) is 41.5. The minimum Gasteiger partial charge on any atom is -0.462 e. The van der Waals surface area contributed by atoms with Crippen LogP contribution in [0.5, 0.6) is 5.75 Å². The van der Waals surface area contributed by atoms with Gasteiger partial charge in [0.15, 0.2) is 12.1 Å². The van der Waals surface area contributed by atoms with Gasteiger partial charge in [-0.3, -0.25) is 9.59 Å². The van der Waals surface area contributed by atoms with E-state index >= 15 is 0 Å². The largest absolute Gasteiger partial charge is 0.462 e. The first-order valence-corrected chi connectivity index (χ1v) is 24.3. The van der Waals surface area contributed by atoms with E-state index in [9.17, 15) is 9.59 Å². The normalized spacial score (nSPS) is 13.7. The maximum absolute atomic E-state index is 15.0. The van der Waals surface area contributed by atoms with Crippen LogP contribution in [0.25, 0.3) is 27.9 Å². The van der Waals surface area contributed by atoms with Gasteiger partial charge in [0.2, 0.25) is 0 Å². The number of aldehydes is 1. The van der Waals surface area contributed by atoms with Crippen molar-refractivity contribution in [3.63, 3.8) is 0 Å². The number of Topliss-reactive ketones (excluding diaryl/α,β-unsaturated/α-hetero) is 1. The van der Waals surface area contributed by atoms with Crippen molar-refractivity contribution in [1.29, 1.82) is 0 Å². The van der Waals surface area contributed by atoms with Gasteiger partial charge in [-0.05, 0) is 144 Å². The molecule has 0 fully saturated rings. The van der Waals surface area contributed by atoms with Crippen molar-refractivity contribution in [1.82, 2.24) is 0 Å². The fraction of sp³-hybridized carbons (Fsp3) is 0.0571. The minimum atomic E-state index is -0.0354. The predicted octanol–water partition coefficient (Wildman–Crippen LogP) is 16.1. The summed E-state index contributed by atoms with van der Waals surface area (Å²) in [6, 6.07) is 65.3. The van der Waals surface area contributed by atoms with Crippen molar-refractivity contribution in [2.45, 2.75) is 27.7 Å². The van der Waals surface area contributed by atoms with Gasteiger partial charge >= 0.3 is 0 Å². The first kappa shape index (κ1) is 49.9. The summed E-state index contributed by atoms with van der Waals surface area (Å²) < 4.78 is 6.44. The number of carbonyl (C=O) groups excluding carboxylic acids is 2. The van der Waals surface area contributed by atoms with Crippen LogP contribution >= 0.6 is 0 Å². The standard InChI is InChI=1S/C70H54O3/c1-5-24-57(30-17-8-16-27-54-25-12-6-13-26-54)52(3)49-64(65(50-71)58-31-18-9-19-32-58)59-45-47-63(48-46-59)73-53(4)38-37-51(2)66-67(60-33-20-10-21-34-60)69(70(72)68(66)61-35-22-11-23-36-61)62-43-41-56(42-44-62)40-39-55-28-14-7-15-29-55/h5-15,17-26,28-38,41-50H,1-4H3/b17-8+,24-5-,51-37+,52-49+,53-38+,57-30+,65-64-. The molecule has 7 aromatic rings. The number of hydrogen-bond donors (Lipinski definition) is 0. The maximum atomic E-state index is 15.0. The third-order valence-corrected chi connectivity index (χ3v) is 12.1. The zero-order chi connectivity index (χ0) is 50.8. The Balaban J connectivity index is 1.11. The van der Waals surface area contributed by atoms with Gasteiger partial charge in [-0.2, -0.15) is 0 Å². The molecule has 0 radical (unpaired) electrons. The van der Waals surface area contributed by atoms with Crippen molar-refractivity contribution in [3.8, 4) is 29.4 Å². The molecule has 0 saturated heterocycles. The van der Waals surface area contributed by atoms with Crippen LogP contribution in [0.3, 0.4) is 0 Å². The van der Waals surface area contributed by atoms with Gasteiger partial charge in [0.1, 0.15) is 11.5 Å². The molecule has 0 spiro atoms. The molecular weight excluding hydrogens is 889 g/mol. The van der Waals surface area contributed by atoms with Gasteiger partial charge in [-0.1, -0.05) is 212 Å². The maximum Gasteiger partial charge on any atom is 0.195 e. The number of ether oxygens (including phenoxy) is 1. The highest BCUT2D eigenvalue weighted by Crippen LogP contribution is 2.48. The summed E-state index contributed by atoms with van der Waals surface area (Å²) in [6.45, 7) is 8.00. The van der Waals surface area contributed by atoms with Crippen molar-refractivity contribution >= 4 is 39.9 Å². The van der Waals surface area contributed by atoms with Gasteiger partial charge in [0.05, 0.1) is 0 Å². The second-order valence-electron chi connectivity index (χ2n) is 17.3. The summed E-state index contributed by atoms with van der Waals surface area (Å²) in [6.07, 6.45) is 16.8. The van der Waals surface area contributed by atoms with E-state index in [1.807, 2.05) is 258 Å². The fourth-order valence-electron chi connectivity index (χ4n) is 8.55. The number of allylic oxidation sites excluding steroid dienone is 18. The van der Waals surface area contributed by atoms with Crippen LogP contribution in [-0.4, -0.2) is 12.1 Å². The number of benzene rings is 7. The summed E-state index contributed by atoms with van der Waals surface area (Å²) in [4.78, 5) is 27.9. The number of rotatable bonds is 14. The highest BCUT2D eigenvalue weighted by Gasteiger charge is 2.35. The molecule has 0 bridgehead atoms. The van der Waals surface area contributed by atoms with E-state index < -0.39 is 0 Å². The third-order valence-electron chi connectivity index (χ3n) is 12.1. The van der Waals surface area contributed by atoms with Crippen molar-refractivity contribution in [3.05, 3.63) is 321 Å². The molecule has 1 aliphatic carbocycles. The Bertz CT molecular complexity index is 3520. The first-order chi connectivity index (χ1) is 35.8. The van der Waals surface area contributed by atoms with E-state index in [0.717, 1.165) is 84.2 Å². The molecule has 0 N–H and O–H groups in total. The first-order valence-electron chi connectivity index (χ1n) is 24.3. The van der Waals surface area contributed by atoms with E-state index in [2.05, 4.69) is 41.9 Å². The molecule has 8 rings (SSSR count). The molecule has 0 saturated carbocycles. The molecule has 0 aromatic heterocycles. The van der Waals surface area contributed by atoms with E-state index in [1.54, 1.807) is 0 Å². The molecule has 0 amide bonds. The Hall–Kier alpha value is -9.54. The molecule has 3 heteroatoms. The van der Waals surface area contributed by atoms with E-state index in [-0.39, 0.29) is 5.78 Å². The fourth-order valence-corrected chi connectivity index (χ4v) is 8.55. The average molecular weight is 943 g/mol. The van der Waals surface area contributed by atoms with Crippen LogP contribution < -0.4 is 4.74 Å². The molecule has 73 heavy (non-hydrogen) atoms. The molecular formula is C70H54O3. The Morgan fingerprint density at radius 1 is 0.493 bits per heavy atom. The van der Waals surface area contributed by atoms with Gasteiger partial charge in [0, 0.05) is 39.0 Å². The van der Waals surface area contributed by atoms with Crippen LogP contribution in [0.1, 0.15) is 72.2 Å². The minimum absolute atomic E-state index is 0.0354. The topological polar surface area (TPSA) is 43.4 Å². The average Bonchev–Trinajstić information content (AvgIpc) is 3.75. The molecule has 0 atom stereocenters. The molecule has 352 valence electrons. The third kappa shape index (κ3) is 12.8. The molecule has 0 heterocycles. The lowest BCUT2D eigenvalue weighted by molar-refractivity contribution is -0.108. The summed E-state index contributed by atoms with van der Waals surface area (Å²) >= 11 is 0. The Labute approximate surface area is 430 Å². The van der Waals surface area contributed by atoms with Crippen LogP contribution in [0.4, 0.5) is 0 Å². The highest BCUT2D eigenvalue weighted by atomic mass is 16.5. The van der Waals surface area contributed by atoms with E-state index in [1.165, 1.54) is 0 Å². The lowest BCUT2D eigenvalue weighted by atomic mass is 9.89. The van der Waals surface area contributed by atoms with Crippen molar-refractivity contribution in [2.75, 3.05) is 0 Å². The Morgan fingerprint density at radius 3 is 1.58 bits per heavy atom. The SMILES string of the molecule is C\C=C/C(=C\C=C\C#Cc1ccccc1)C(/C)=C/C(=C(\C=O)c1ccccc1)c1ccc(O/C(C)=C/C=C(\C)C2=C(c3ccccc3)C(=O)C(c3ccc(C#Cc4ccccc4)cc3)=C2c2ccccc2)cc1. The highest BCUT2D eigenvalue weighted by molar-refractivity contribution is 6.53. The van der Waals surface area contributed by atoms with Crippen LogP contribution in [0, 0.1) is 23.7 Å². The van der Waals surface area contributed by atoms with Gasteiger partial charge in [-0.25, -0.2) is 0 Å². The molecule has 7 aromatic carbocycles. The van der Waals surface area contributed by atoms with Crippen molar-refractivity contribution in [2.24, 2.45) is 0 Å². The Morgan fingerprint density at radius 2 is 1.00 bits per heavy atom. The lowest BCUT2D eigenvalue weighted by Crippen LogP contribution is -2.02. The van der Waals surface area contributed by atoms with Gasteiger partial charge in [0.25, 0.3) is 0 Å². The van der Waals surface area contributed by atoms with E-state index in [0.29, 0.717) is 28.2 Å². The monoisotopic (exact) mass is 942 g/mol.